The van der Waals surface area contributed by atoms with E-state index in [0.29, 0.717) is 5.69 Å². The largest absolute Gasteiger partial charge is 0.334 e. The van der Waals surface area contributed by atoms with Crippen molar-refractivity contribution in [3.63, 3.8) is 0 Å². The van der Waals surface area contributed by atoms with E-state index in [4.69, 9.17) is 0 Å². The zero-order valence-electron chi connectivity index (χ0n) is 10.7. The third-order valence-electron chi connectivity index (χ3n) is 2.87. The zero-order valence-corrected chi connectivity index (χ0v) is 11.5. The van der Waals surface area contributed by atoms with Gasteiger partial charge in [0.25, 0.3) is 10.0 Å². The van der Waals surface area contributed by atoms with Crippen LogP contribution in [0.2, 0.25) is 0 Å². The Morgan fingerprint density at radius 1 is 1.32 bits per heavy atom. The van der Waals surface area contributed by atoms with Gasteiger partial charge in [-0.2, -0.15) is 8.42 Å². The van der Waals surface area contributed by atoms with Crippen molar-refractivity contribution in [2.24, 2.45) is 0 Å². The average molecular weight is 280 g/mol. The van der Waals surface area contributed by atoms with Crippen LogP contribution in [0.3, 0.4) is 0 Å². The number of hydrogen-bond acceptors (Lipinski definition) is 4. The fraction of sp³-hybridized carbons (Fsp3) is 0.250. The van der Waals surface area contributed by atoms with Gasteiger partial charge in [0, 0.05) is 6.04 Å². The van der Waals surface area contributed by atoms with Crippen molar-refractivity contribution in [1.29, 1.82) is 0 Å². The number of H-pyrrole nitrogens is 1. The molecular weight excluding hydrogens is 264 g/mol. The molecule has 0 aliphatic carbocycles. The molecule has 0 fully saturated rings. The monoisotopic (exact) mass is 280 g/mol. The molecule has 2 aromatic rings. The highest BCUT2D eigenvalue weighted by Crippen LogP contribution is 2.24. The fourth-order valence-electron chi connectivity index (χ4n) is 1.71. The average Bonchev–Trinajstić information content (AvgIpc) is 2.93. The Kier molecular flexibility index (Phi) is 3.87. The van der Waals surface area contributed by atoms with E-state index in [2.05, 4.69) is 20.0 Å². The Labute approximate surface area is 112 Å². The van der Waals surface area contributed by atoms with Gasteiger partial charge in [-0.05, 0) is 25.6 Å². The molecule has 102 valence electrons. The van der Waals surface area contributed by atoms with Crippen molar-refractivity contribution in [2.75, 3.05) is 11.8 Å². The maximum atomic E-state index is 12.1. The number of sulfonamides is 1. The summed E-state index contributed by atoms with van der Waals surface area (Å²) in [6, 6.07) is 7.32. The van der Waals surface area contributed by atoms with Gasteiger partial charge in [-0.1, -0.05) is 18.2 Å². The fourth-order valence-corrected chi connectivity index (χ4v) is 2.71. The topological polar surface area (TPSA) is 86.9 Å². The minimum atomic E-state index is -3.63. The lowest BCUT2D eigenvalue weighted by atomic mass is 10.1. The maximum Gasteiger partial charge on any atom is 0.278 e. The smallest absolute Gasteiger partial charge is 0.278 e. The van der Waals surface area contributed by atoms with E-state index in [1.54, 1.807) is 12.1 Å². The summed E-state index contributed by atoms with van der Waals surface area (Å²) in [6.07, 6.45) is 2.60. The number of imidazole rings is 1. The molecule has 0 radical (unpaired) electrons. The minimum Gasteiger partial charge on any atom is -0.334 e. The van der Waals surface area contributed by atoms with Crippen LogP contribution in [0.5, 0.6) is 0 Å². The summed E-state index contributed by atoms with van der Waals surface area (Å²) in [6.45, 7) is 1.96. The Bertz CT molecular complexity index is 638. The lowest BCUT2D eigenvalue weighted by molar-refractivity contribution is 0.598. The summed E-state index contributed by atoms with van der Waals surface area (Å²) in [4.78, 5) is 6.30. The number of rotatable bonds is 5. The molecule has 1 unspecified atom stereocenters. The quantitative estimate of drug-likeness (QED) is 0.774. The highest BCUT2D eigenvalue weighted by atomic mass is 32.2. The molecule has 6 nitrogen and oxygen atoms in total. The number of nitrogens with one attached hydrogen (secondary N) is 3. The Balaban J connectivity index is 2.34. The van der Waals surface area contributed by atoms with Gasteiger partial charge < -0.3 is 10.3 Å². The van der Waals surface area contributed by atoms with Gasteiger partial charge in [0.1, 0.15) is 0 Å². The van der Waals surface area contributed by atoms with Gasteiger partial charge in [-0.25, -0.2) is 4.98 Å². The second-order valence-electron chi connectivity index (χ2n) is 4.12. The number of aromatic nitrogens is 2. The lowest BCUT2D eigenvalue weighted by Gasteiger charge is -2.16. The first-order valence-corrected chi connectivity index (χ1v) is 7.30. The number of benzene rings is 1. The van der Waals surface area contributed by atoms with E-state index in [1.807, 2.05) is 26.1 Å². The van der Waals surface area contributed by atoms with Crippen molar-refractivity contribution in [1.82, 2.24) is 15.3 Å². The van der Waals surface area contributed by atoms with Gasteiger partial charge in [0.05, 0.1) is 18.2 Å². The summed E-state index contributed by atoms with van der Waals surface area (Å²) in [5.41, 5.74) is 1.44. The van der Waals surface area contributed by atoms with Crippen LogP contribution in [0.4, 0.5) is 5.69 Å². The predicted molar refractivity (Wildman–Crippen MR) is 73.3 cm³/mol. The normalized spacial score (nSPS) is 13.2. The zero-order chi connectivity index (χ0) is 13.9. The summed E-state index contributed by atoms with van der Waals surface area (Å²) in [5.74, 6) is 0. The molecule has 0 aliphatic heterocycles. The molecule has 0 saturated carbocycles. The molecule has 2 rings (SSSR count). The van der Waals surface area contributed by atoms with E-state index in [9.17, 15) is 8.42 Å². The number of nitrogens with zero attached hydrogens (tertiary/aromatic N) is 1. The van der Waals surface area contributed by atoms with E-state index in [0.717, 1.165) is 5.56 Å². The molecule has 7 heteroatoms. The molecule has 0 amide bonds. The van der Waals surface area contributed by atoms with Crippen LogP contribution in [-0.4, -0.2) is 25.4 Å². The maximum absolute atomic E-state index is 12.1. The van der Waals surface area contributed by atoms with E-state index in [1.165, 1.54) is 12.5 Å². The second kappa shape index (κ2) is 5.41. The SMILES string of the molecule is CNC(C)c1ccccc1NS(=O)(=O)c1cnc[nH]1. The predicted octanol–water partition coefficient (Wildman–Crippen LogP) is 1.49. The van der Waals surface area contributed by atoms with Crippen LogP contribution in [0.25, 0.3) is 0 Å². The standard InChI is InChI=1S/C12H16N4O2S/c1-9(13-2)10-5-3-4-6-11(10)16-19(17,18)12-7-14-8-15-12/h3-9,13,16H,1-2H3,(H,14,15). The summed E-state index contributed by atoms with van der Waals surface area (Å²) in [7, 11) is -1.81. The van der Waals surface area contributed by atoms with Crippen LogP contribution in [0.1, 0.15) is 18.5 Å². The molecule has 19 heavy (non-hydrogen) atoms. The molecule has 1 aromatic carbocycles. The molecule has 0 saturated heterocycles. The molecule has 1 atom stereocenters. The number of anilines is 1. The number of hydrogen-bond donors (Lipinski definition) is 3. The second-order valence-corrected chi connectivity index (χ2v) is 5.77. The third-order valence-corrected chi connectivity index (χ3v) is 4.16. The molecule has 1 aromatic heterocycles. The molecule has 3 N–H and O–H groups in total. The number of aromatic amines is 1. The highest BCUT2D eigenvalue weighted by molar-refractivity contribution is 7.92. The van der Waals surface area contributed by atoms with Gasteiger partial charge in [-0.3, -0.25) is 4.72 Å². The molecule has 0 aliphatic rings. The molecule has 1 heterocycles. The van der Waals surface area contributed by atoms with Crippen LogP contribution < -0.4 is 10.0 Å². The van der Waals surface area contributed by atoms with Gasteiger partial charge in [-0.15, -0.1) is 0 Å². The highest BCUT2D eigenvalue weighted by Gasteiger charge is 2.18. The van der Waals surface area contributed by atoms with Gasteiger partial charge in [0.2, 0.25) is 0 Å². The number of para-hydroxylation sites is 1. The van der Waals surface area contributed by atoms with Crippen molar-refractivity contribution in [3.05, 3.63) is 42.4 Å². The van der Waals surface area contributed by atoms with Gasteiger partial charge >= 0.3 is 0 Å². The molecular formula is C12H16N4O2S. The Morgan fingerprint density at radius 3 is 2.68 bits per heavy atom. The Hall–Kier alpha value is -1.86. The first-order valence-electron chi connectivity index (χ1n) is 5.82. The van der Waals surface area contributed by atoms with Crippen molar-refractivity contribution in [3.8, 4) is 0 Å². The summed E-state index contributed by atoms with van der Waals surface area (Å²) < 4.78 is 26.8. The van der Waals surface area contributed by atoms with E-state index < -0.39 is 10.0 Å². The third kappa shape index (κ3) is 2.94. The first-order chi connectivity index (χ1) is 9.04. The van der Waals surface area contributed by atoms with Crippen LogP contribution in [0.15, 0.2) is 41.8 Å². The lowest BCUT2D eigenvalue weighted by Crippen LogP contribution is -2.18. The van der Waals surface area contributed by atoms with Crippen LogP contribution in [0, 0.1) is 0 Å². The first kappa shape index (κ1) is 13.6. The van der Waals surface area contributed by atoms with Crippen molar-refractivity contribution < 1.29 is 8.42 Å². The summed E-state index contributed by atoms with van der Waals surface area (Å²) >= 11 is 0. The molecule has 0 spiro atoms. The van der Waals surface area contributed by atoms with E-state index >= 15 is 0 Å². The van der Waals surface area contributed by atoms with Crippen molar-refractivity contribution in [2.45, 2.75) is 18.0 Å². The van der Waals surface area contributed by atoms with Gasteiger partial charge in [0.15, 0.2) is 5.03 Å². The minimum absolute atomic E-state index is 0.0411. The summed E-state index contributed by atoms with van der Waals surface area (Å²) in [5, 5.41) is 3.13. The molecule has 0 bridgehead atoms. The van der Waals surface area contributed by atoms with Crippen LogP contribution >= 0.6 is 0 Å². The van der Waals surface area contributed by atoms with Crippen molar-refractivity contribution >= 4 is 15.7 Å². The Morgan fingerprint density at radius 2 is 2.05 bits per heavy atom. The van der Waals surface area contributed by atoms with Crippen LogP contribution in [-0.2, 0) is 10.0 Å². The van der Waals surface area contributed by atoms with E-state index in [-0.39, 0.29) is 11.1 Å².